The van der Waals surface area contributed by atoms with Gasteiger partial charge in [-0.05, 0) is 45.3 Å². The maximum Gasteiger partial charge on any atom is 0.391 e. The van der Waals surface area contributed by atoms with Gasteiger partial charge in [-0.25, -0.2) is 0 Å². The summed E-state index contributed by atoms with van der Waals surface area (Å²) >= 11 is 0. The van der Waals surface area contributed by atoms with Crippen molar-refractivity contribution in [2.45, 2.75) is 51.6 Å². The van der Waals surface area contributed by atoms with E-state index in [1.165, 1.54) is 0 Å². The Morgan fingerprint density at radius 3 is 2.43 bits per heavy atom. The van der Waals surface area contributed by atoms with E-state index in [0.29, 0.717) is 32.5 Å². The Hall–Kier alpha value is -0.715. The standard InChI is InChI=1S/C14H23BF3NO2/c1-2-3-4-11(13(20)21-15)5-8-19-9-6-12(7-10-19)14(16,17)18/h11-12H,2-10H2,1H3. The van der Waals surface area contributed by atoms with E-state index in [2.05, 4.69) is 4.65 Å². The third-order valence-corrected chi connectivity index (χ3v) is 4.20. The molecule has 0 saturated carbocycles. The molecule has 0 aromatic rings. The average molecular weight is 305 g/mol. The van der Waals surface area contributed by atoms with Crippen molar-refractivity contribution < 1.29 is 22.6 Å². The summed E-state index contributed by atoms with van der Waals surface area (Å²) in [6, 6.07) is 0. The molecule has 1 saturated heterocycles. The van der Waals surface area contributed by atoms with Gasteiger partial charge in [0.2, 0.25) is 0 Å². The molecule has 0 bridgehead atoms. The number of piperidine rings is 1. The number of hydrogen-bond acceptors (Lipinski definition) is 3. The summed E-state index contributed by atoms with van der Waals surface area (Å²) in [5.41, 5.74) is 0. The molecule has 1 heterocycles. The summed E-state index contributed by atoms with van der Waals surface area (Å²) in [6.45, 7) is 3.52. The summed E-state index contributed by atoms with van der Waals surface area (Å²) in [5.74, 6) is -1.86. The van der Waals surface area contributed by atoms with Crippen LogP contribution in [0.2, 0.25) is 0 Å². The van der Waals surface area contributed by atoms with Crippen molar-refractivity contribution in [2.24, 2.45) is 11.8 Å². The van der Waals surface area contributed by atoms with E-state index in [0.717, 1.165) is 12.8 Å². The number of nitrogens with zero attached hydrogens (tertiary/aromatic N) is 1. The van der Waals surface area contributed by atoms with E-state index in [4.69, 9.17) is 8.05 Å². The zero-order valence-corrected chi connectivity index (χ0v) is 12.5. The van der Waals surface area contributed by atoms with Crippen molar-refractivity contribution in [1.29, 1.82) is 0 Å². The number of carbonyl (C=O) groups excluding carboxylic acids is 1. The fourth-order valence-electron chi connectivity index (χ4n) is 2.75. The topological polar surface area (TPSA) is 29.5 Å². The lowest BCUT2D eigenvalue weighted by Gasteiger charge is -2.33. The van der Waals surface area contributed by atoms with Gasteiger partial charge in [0.1, 0.15) is 0 Å². The summed E-state index contributed by atoms with van der Waals surface area (Å²) in [5, 5.41) is 0. The highest BCUT2D eigenvalue weighted by atomic mass is 19.4. The maximum absolute atomic E-state index is 12.6. The Balaban J connectivity index is 2.35. The Bertz CT molecular complexity index is 318. The van der Waals surface area contributed by atoms with Crippen molar-refractivity contribution in [3.8, 4) is 0 Å². The molecule has 0 aliphatic carbocycles. The highest BCUT2D eigenvalue weighted by molar-refractivity contribution is 6.05. The van der Waals surface area contributed by atoms with Crippen LogP contribution in [-0.2, 0) is 9.45 Å². The van der Waals surface area contributed by atoms with Crippen LogP contribution in [0.1, 0.15) is 45.4 Å². The first-order valence-corrected chi connectivity index (χ1v) is 7.58. The van der Waals surface area contributed by atoms with Crippen LogP contribution in [0.15, 0.2) is 0 Å². The lowest BCUT2D eigenvalue weighted by molar-refractivity contribution is -0.185. The van der Waals surface area contributed by atoms with E-state index in [1.54, 1.807) is 0 Å². The van der Waals surface area contributed by atoms with Crippen LogP contribution in [-0.4, -0.2) is 44.7 Å². The van der Waals surface area contributed by atoms with Gasteiger partial charge >= 0.3 is 14.2 Å². The molecule has 1 fully saturated rings. The molecule has 1 aliphatic rings. The Morgan fingerprint density at radius 2 is 1.95 bits per heavy atom. The molecule has 120 valence electrons. The number of rotatable bonds is 7. The third-order valence-electron chi connectivity index (χ3n) is 4.20. The summed E-state index contributed by atoms with van der Waals surface area (Å²) in [4.78, 5) is 13.6. The van der Waals surface area contributed by atoms with Crippen LogP contribution in [0.3, 0.4) is 0 Å². The van der Waals surface area contributed by atoms with Gasteiger partial charge in [0, 0.05) is 0 Å². The molecule has 1 atom stereocenters. The second kappa shape index (κ2) is 8.66. The molecule has 1 unspecified atom stereocenters. The number of alkyl halides is 3. The monoisotopic (exact) mass is 305 g/mol. The molecule has 0 aromatic heterocycles. The molecule has 0 spiro atoms. The van der Waals surface area contributed by atoms with Crippen LogP contribution in [0.25, 0.3) is 0 Å². The molecule has 0 aromatic carbocycles. The van der Waals surface area contributed by atoms with Gasteiger partial charge in [-0.1, -0.05) is 19.8 Å². The zero-order chi connectivity index (χ0) is 15.9. The van der Waals surface area contributed by atoms with Gasteiger partial charge in [0.05, 0.1) is 11.8 Å². The van der Waals surface area contributed by atoms with Crippen molar-refractivity contribution in [3.05, 3.63) is 0 Å². The molecule has 21 heavy (non-hydrogen) atoms. The van der Waals surface area contributed by atoms with Crippen LogP contribution < -0.4 is 0 Å². The summed E-state index contributed by atoms with van der Waals surface area (Å²) in [7, 11) is 4.93. The average Bonchev–Trinajstić information content (AvgIpc) is 2.46. The first-order valence-electron chi connectivity index (χ1n) is 7.58. The Kier molecular flexibility index (Phi) is 7.56. The van der Waals surface area contributed by atoms with Crippen molar-refractivity contribution in [2.75, 3.05) is 19.6 Å². The number of carbonyl (C=O) groups is 1. The van der Waals surface area contributed by atoms with Gasteiger partial charge in [-0.15, -0.1) is 0 Å². The smallest absolute Gasteiger partial charge is 0.391 e. The second-order valence-corrected chi connectivity index (χ2v) is 5.72. The first kappa shape index (κ1) is 18.3. The molecule has 0 amide bonds. The lowest BCUT2D eigenvalue weighted by Crippen LogP contribution is -2.40. The number of unbranched alkanes of at least 4 members (excludes halogenated alkanes) is 1. The fourth-order valence-corrected chi connectivity index (χ4v) is 2.75. The molecule has 3 nitrogen and oxygen atoms in total. The minimum absolute atomic E-state index is 0.143. The molecule has 2 radical (unpaired) electrons. The van der Waals surface area contributed by atoms with Crippen LogP contribution in [0.4, 0.5) is 13.2 Å². The van der Waals surface area contributed by atoms with Gasteiger partial charge in [0.25, 0.3) is 5.97 Å². The Labute approximate surface area is 125 Å². The SMILES string of the molecule is [B]OC(=O)C(CCCC)CCN1CCC(C(F)(F)F)CC1. The highest BCUT2D eigenvalue weighted by Gasteiger charge is 2.41. The summed E-state index contributed by atoms with van der Waals surface area (Å²) in [6.07, 6.45) is -0.604. The minimum atomic E-state index is -4.08. The van der Waals surface area contributed by atoms with Gasteiger partial charge in [-0.2, -0.15) is 13.2 Å². The van der Waals surface area contributed by atoms with Crippen LogP contribution >= 0.6 is 0 Å². The maximum atomic E-state index is 12.6. The molecule has 1 rings (SSSR count). The molecular weight excluding hydrogens is 282 g/mol. The second-order valence-electron chi connectivity index (χ2n) is 5.72. The molecule has 7 heteroatoms. The molecule has 1 aliphatic heterocycles. The quantitative estimate of drug-likeness (QED) is 0.677. The van der Waals surface area contributed by atoms with E-state index in [1.807, 2.05) is 11.8 Å². The fraction of sp³-hybridized carbons (Fsp3) is 0.929. The highest BCUT2D eigenvalue weighted by Crippen LogP contribution is 2.34. The molecular formula is C14H23BF3NO2. The predicted octanol–water partition coefficient (Wildman–Crippen LogP) is 3.08. The van der Waals surface area contributed by atoms with Crippen LogP contribution in [0, 0.1) is 11.8 Å². The van der Waals surface area contributed by atoms with E-state index in [9.17, 15) is 18.0 Å². The Morgan fingerprint density at radius 1 is 1.33 bits per heavy atom. The van der Waals surface area contributed by atoms with Crippen molar-refractivity contribution in [3.63, 3.8) is 0 Å². The van der Waals surface area contributed by atoms with Crippen molar-refractivity contribution >= 4 is 14.0 Å². The minimum Gasteiger partial charge on any atom is -0.543 e. The number of likely N-dealkylation sites (tertiary alicyclic amines) is 1. The largest absolute Gasteiger partial charge is 0.543 e. The number of hydrogen-bond donors (Lipinski definition) is 0. The predicted molar refractivity (Wildman–Crippen MR) is 74.7 cm³/mol. The molecule has 0 N–H and O–H groups in total. The van der Waals surface area contributed by atoms with Gasteiger partial charge in [0.15, 0.2) is 0 Å². The summed E-state index contributed by atoms with van der Waals surface area (Å²) < 4.78 is 42.0. The first-order chi connectivity index (χ1) is 9.88. The van der Waals surface area contributed by atoms with Gasteiger partial charge < -0.3 is 9.55 Å². The van der Waals surface area contributed by atoms with Crippen molar-refractivity contribution in [1.82, 2.24) is 4.90 Å². The third kappa shape index (κ3) is 6.28. The zero-order valence-electron chi connectivity index (χ0n) is 12.5. The van der Waals surface area contributed by atoms with Gasteiger partial charge in [-0.3, -0.25) is 4.79 Å². The lowest BCUT2D eigenvalue weighted by atomic mass is 9.94. The van der Waals surface area contributed by atoms with E-state index in [-0.39, 0.29) is 18.8 Å². The normalized spacial score (nSPS) is 19.4. The number of halogens is 3. The van der Waals surface area contributed by atoms with Crippen LogP contribution in [0.5, 0.6) is 0 Å². The van der Waals surface area contributed by atoms with E-state index >= 15 is 0 Å². The van der Waals surface area contributed by atoms with E-state index < -0.39 is 18.1 Å².